The Morgan fingerprint density at radius 2 is 2.14 bits per heavy atom. The summed E-state index contributed by atoms with van der Waals surface area (Å²) in [6, 6.07) is 7.03. The topological polar surface area (TPSA) is 71.5 Å². The first-order chi connectivity index (χ1) is 10.2. The maximum atomic E-state index is 12.1. The summed E-state index contributed by atoms with van der Waals surface area (Å²) in [7, 11) is 0. The molecule has 0 bridgehead atoms. The molecule has 0 saturated carbocycles. The average Bonchev–Trinajstić information content (AvgIpc) is 2.96. The van der Waals surface area contributed by atoms with Crippen molar-refractivity contribution >= 4 is 22.9 Å². The van der Waals surface area contributed by atoms with Gasteiger partial charge in [0.15, 0.2) is 0 Å². The Labute approximate surface area is 127 Å². The highest BCUT2D eigenvalue weighted by molar-refractivity contribution is 7.13. The summed E-state index contributed by atoms with van der Waals surface area (Å²) < 4.78 is 5.26. The second-order valence-corrected chi connectivity index (χ2v) is 5.53. The van der Waals surface area contributed by atoms with Gasteiger partial charge < -0.3 is 15.2 Å². The molecule has 1 aromatic carbocycles. The average molecular weight is 306 g/mol. The number of nitrogens with zero attached hydrogens (tertiary/aromatic N) is 1. The van der Waals surface area contributed by atoms with E-state index in [4.69, 9.17) is 9.84 Å². The third-order valence-corrected chi connectivity index (χ3v) is 3.77. The highest BCUT2D eigenvalue weighted by Gasteiger charge is 2.10. The number of nitrogens with one attached hydrogen (secondary N) is 1. The number of carbonyl (C=O) groups is 1. The summed E-state index contributed by atoms with van der Waals surface area (Å²) in [5, 5.41) is 12.5. The molecule has 0 unspecified atom stereocenters. The van der Waals surface area contributed by atoms with Gasteiger partial charge in [0.05, 0.1) is 17.8 Å². The third kappa shape index (κ3) is 4.54. The fraction of sp³-hybridized carbons (Fsp3) is 0.333. The molecule has 6 heteroatoms. The van der Waals surface area contributed by atoms with Crippen molar-refractivity contribution in [3.05, 3.63) is 40.3 Å². The van der Waals surface area contributed by atoms with E-state index < -0.39 is 0 Å². The van der Waals surface area contributed by atoms with Gasteiger partial charge >= 0.3 is 0 Å². The molecular formula is C15H18N2O3S. The number of amides is 1. The Balaban J connectivity index is 1.95. The summed E-state index contributed by atoms with van der Waals surface area (Å²) in [6.45, 7) is 2.32. The standard InChI is InChI=1S/C15H18N2O3S/c1-2-3-14-16-10-13(21-14)15(19)17-11-4-6-12(7-5-11)20-9-8-18/h4-7,10,18H,2-3,8-9H2,1H3,(H,17,19). The number of hydrogen-bond acceptors (Lipinski definition) is 5. The Bertz CT molecular complexity index is 581. The Hall–Kier alpha value is -1.92. The van der Waals surface area contributed by atoms with Gasteiger partial charge in [-0.25, -0.2) is 4.98 Å². The lowest BCUT2D eigenvalue weighted by Gasteiger charge is -2.06. The van der Waals surface area contributed by atoms with Crippen molar-refractivity contribution in [3.8, 4) is 5.75 Å². The first kappa shape index (κ1) is 15.5. The molecule has 0 aliphatic heterocycles. The van der Waals surface area contributed by atoms with Crippen molar-refractivity contribution in [3.63, 3.8) is 0 Å². The maximum Gasteiger partial charge on any atom is 0.267 e. The largest absolute Gasteiger partial charge is 0.491 e. The van der Waals surface area contributed by atoms with Crippen LogP contribution >= 0.6 is 11.3 Å². The van der Waals surface area contributed by atoms with Crippen LogP contribution in [0.4, 0.5) is 5.69 Å². The molecule has 112 valence electrons. The molecule has 2 N–H and O–H groups in total. The van der Waals surface area contributed by atoms with Crippen LogP contribution in [-0.4, -0.2) is 29.2 Å². The number of anilines is 1. The molecular weight excluding hydrogens is 288 g/mol. The van der Waals surface area contributed by atoms with Crippen LogP contribution in [0.2, 0.25) is 0 Å². The van der Waals surface area contributed by atoms with Gasteiger partial charge in [-0.1, -0.05) is 6.92 Å². The summed E-state index contributed by atoms with van der Waals surface area (Å²) in [5.41, 5.74) is 0.696. The molecule has 0 aliphatic carbocycles. The van der Waals surface area contributed by atoms with Crippen molar-refractivity contribution in [2.45, 2.75) is 19.8 Å². The molecule has 0 saturated heterocycles. The smallest absolute Gasteiger partial charge is 0.267 e. The normalized spacial score (nSPS) is 10.4. The van der Waals surface area contributed by atoms with E-state index in [1.807, 2.05) is 0 Å². The van der Waals surface area contributed by atoms with Crippen LogP contribution in [0.25, 0.3) is 0 Å². The Morgan fingerprint density at radius 3 is 2.81 bits per heavy atom. The fourth-order valence-corrected chi connectivity index (χ4v) is 2.65. The Morgan fingerprint density at radius 1 is 1.38 bits per heavy atom. The van der Waals surface area contributed by atoms with Crippen LogP contribution in [0.1, 0.15) is 28.0 Å². The zero-order valence-corrected chi connectivity index (χ0v) is 12.7. The zero-order valence-electron chi connectivity index (χ0n) is 11.8. The van der Waals surface area contributed by atoms with Gasteiger partial charge in [0.2, 0.25) is 0 Å². The number of aryl methyl sites for hydroxylation is 1. The maximum absolute atomic E-state index is 12.1. The lowest BCUT2D eigenvalue weighted by Crippen LogP contribution is -2.10. The van der Waals surface area contributed by atoms with E-state index in [-0.39, 0.29) is 19.1 Å². The minimum Gasteiger partial charge on any atom is -0.491 e. The van der Waals surface area contributed by atoms with Gasteiger partial charge in [-0.3, -0.25) is 4.79 Å². The molecule has 0 radical (unpaired) electrons. The number of aliphatic hydroxyl groups excluding tert-OH is 1. The third-order valence-electron chi connectivity index (χ3n) is 2.71. The molecule has 0 atom stereocenters. The van der Waals surface area contributed by atoms with Crippen LogP contribution in [0.3, 0.4) is 0 Å². The second-order valence-electron chi connectivity index (χ2n) is 4.42. The highest BCUT2D eigenvalue weighted by atomic mass is 32.1. The van der Waals surface area contributed by atoms with Gasteiger partial charge in [-0.05, 0) is 37.1 Å². The van der Waals surface area contributed by atoms with E-state index in [0.717, 1.165) is 17.8 Å². The Kier molecular flexibility index (Phi) is 5.71. The predicted octanol–water partition coefficient (Wildman–Crippen LogP) is 2.72. The van der Waals surface area contributed by atoms with Crippen LogP contribution < -0.4 is 10.1 Å². The lowest BCUT2D eigenvalue weighted by atomic mass is 10.3. The number of hydrogen-bond donors (Lipinski definition) is 2. The van der Waals surface area contributed by atoms with E-state index in [0.29, 0.717) is 16.3 Å². The van der Waals surface area contributed by atoms with Crippen LogP contribution in [0, 0.1) is 0 Å². The number of aliphatic hydroxyl groups is 1. The molecule has 1 amide bonds. The molecule has 2 aromatic rings. The molecule has 21 heavy (non-hydrogen) atoms. The first-order valence-corrected chi connectivity index (χ1v) is 7.64. The van der Waals surface area contributed by atoms with Crippen molar-refractivity contribution < 1.29 is 14.6 Å². The number of thiazole rings is 1. The molecule has 1 heterocycles. The van der Waals surface area contributed by atoms with Gasteiger partial charge in [0.25, 0.3) is 5.91 Å². The van der Waals surface area contributed by atoms with Crippen molar-refractivity contribution in [2.75, 3.05) is 18.5 Å². The van der Waals surface area contributed by atoms with E-state index in [1.54, 1.807) is 30.5 Å². The van der Waals surface area contributed by atoms with Crippen molar-refractivity contribution in [1.82, 2.24) is 4.98 Å². The van der Waals surface area contributed by atoms with Gasteiger partial charge in [0, 0.05) is 5.69 Å². The first-order valence-electron chi connectivity index (χ1n) is 6.82. The second kappa shape index (κ2) is 7.75. The molecule has 0 fully saturated rings. The SMILES string of the molecule is CCCc1ncc(C(=O)Nc2ccc(OCCO)cc2)s1. The summed E-state index contributed by atoms with van der Waals surface area (Å²) in [6.07, 6.45) is 3.53. The van der Waals surface area contributed by atoms with Crippen LogP contribution in [0.15, 0.2) is 30.5 Å². The van der Waals surface area contributed by atoms with Gasteiger partial charge in [-0.2, -0.15) is 0 Å². The van der Waals surface area contributed by atoms with Crippen LogP contribution in [0.5, 0.6) is 5.75 Å². The number of benzene rings is 1. The number of ether oxygens (including phenoxy) is 1. The zero-order chi connectivity index (χ0) is 15.1. The summed E-state index contributed by atoms with van der Waals surface area (Å²) in [4.78, 5) is 16.9. The van der Waals surface area contributed by atoms with Crippen LogP contribution in [-0.2, 0) is 6.42 Å². The number of aromatic nitrogens is 1. The molecule has 5 nitrogen and oxygen atoms in total. The van der Waals surface area contributed by atoms with Crippen molar-refractivity contribution in [1.29, 1.82) is 0 Å². The quantitative estimate of drug-likeness (QED) is 0.825. The monoisotopic (exact) mass is 306 g/mol. The van der Waals surface area contributed by atoms with E-state index >= 15 is 0 Å². The molecule has 0 spiro atoms. The minimum atomic E-state index is -0.154. The number of rotatable bonds is 7. The number of carbonyl (C=O) groups excluding carboxylic acids is 1. The van der Waals surface area contributed by atoms with Gasteiger partial charge in [0.1, 0.15) is 17.2 Å². The lowest BCUT2D eigenvalue weighted by molar-refractivity contribution is 0.103. The van der Waals surface area contributed by atoms with Crippen molar-refractivity contribution in [2.24, 2.45) is 0 Å². The van der Waals surface area contributed by atoms with E-state index in [9.17, 15) is 4.79 Å². The summed E-state index contributed by atoms with van der Waals surface area (Å²) >= 11 is 1.42. The molecule has 0 aliphatic rings. The fourth-order valence-electron chi connectivity index (χ4n) is 1.74. The summed E-state index contributed by atoms with van der Waals surface area (Å²) in [5.74, 6) is 0.504. The minimum absolute atomic E-state index is 0.0239. The highest BCUT2D eigenvalue weighted by Crippen LogP contribution is 2.19. The predicted molar refractivity (Wildman–Crippen MR) is 83.1 cm³/mol. The molecule has 2 rings (SSSR count). The van der Waals surface area contributed by atoms with Gasteiger partial charge in [-0.15, -0.1) is 11.3 Å². The molecule has 1 aromatic heterocycles. The van der Waals surface area contributed by atoms with E-state index in [1.165, 1.54) is 11.3 Å². The van der Waals surface area contributed by atoms with E-state index in [2.05, 4.69) is 17.2 Å².